The zero-order valence-corrected chi connectivity index (χ0v) is 7.54. The lowest BCUT2D eigenvalue weighted by Crippen LogP contribution is -2.04. The maximum Gasteiger partial charge on any atom is 0.199 e. The molecule has 0 aliphatic rings. The zero-order valence-electron chi connectivity index (χ0n) is 5.96. The topological polar surface area (TPSA) is 26.3 Å². The molecule has 0 radical (unpaired) electrons. The molecule has 0 aliphatic heterocycles. The van der Waals surface area contributed by atoms with Crippen molar-refractivity contribution in [3.8, 4) is 0 Å². The van der Waals surface area contributed by atoms with Gasteiger partial charge in [-0.2, -0.15) is 0 Å². The molecular formula is C7H7ClO2S. The number of thiophene rings is 1. The summed E-state index contributed by atoms with van der Waals surface area (Å²) >= 11 is 7.04. The number of ketones is 1. The van der Waals surface area contributed by atoms with E-state index in [4.69, 9.17) is 11.6 Å². The van der Waals surface area contributed by atoms with Crippen molar-refractivity contribution in [2.24, 2.45) is 0 Å². The smallest absolute Gasteiger partial charge is 0.199 e. The van der Waals surface area contributed by atoms with Crippen molar-refractivity contribution in [3.63, 3.8) is 0 Å². The van der Waals surface area contributed by atoms with Gasteiger partial charge in [0.15, 0.2) is 5.78 Å². The molecule has 0 N–H and O–H groups in total. The number of ether oxygens (including phenoxy) is 1. The first-order chi connectivity index (χ1) is 5.25. The summed E-state index contributed by atoms with van der Waals surface area (Å²) in [4.78, 5) is 11.7. The summed E-state index contributed by atoms with van der Waals surface area (Å²) < 4.78 is 4.68. The Morgan fingerprint density at radius 1 is 1.82 bits per heavy atom. The Morgan fingerprint density at radius 2 is 2.55 bits per heavy atom. The van der Waals surface area contributed by atoms with Crippen molar-refractivity contribution in [1.82, 2.24) is 0 Å². The highest BCUT2D eigenvalue weighted by atomic mass is 35.5. The molecule has 0 bridgehead atoms. The Hall–Kier alpha value is -0.380. The molecule has 1 rings (SSSR count). The quantitative estimate of drug-likeness (QED) is 0.684. The van der Waals surface area contributed by atoms with Crippen molar-refractivity contribution in [2.75, 3.05) is 13.7 Å². The van der Waals surface area contributed by atoms with Gasteiger partial charge in [0, 0.05) is 7.11 Å². The van der Waals surface area contributed by atoms with E-state index in [1.54, 1.807) is 11.4 Å². The predicted octanol–water partition coefficient (Wildman–Crippen LogP) is 2.23. The molecule has 1 heterocycles. The average molecular weight is 191 g/mol. The Labute approximate surface area is 73.7 Å². The highest BCUT2D eigenvalue weighted by Crippen LogP contribution is 2.22. The molecule has 1 aromatic heterocycles. The molecule has 11 heavy (non-hydrogen) atoms. The fourth-order valence-corrected chi connectivity index (χ4v) is 1.78. The third-order valence-electron chi connectivity index (χ3n) is 1.15. The predicted molar refractivity (Wildman–Crippen MR) is 45.5 cm³/mol. The van der Waals surface area contributed by atoms with Crippen molar-refractivity contribution in [3.05, 3.63) is 21.3 Å². The molecule has 0 amide bonds. The second kappa shape index (κ2) is 3.85. The minimum Gasteiger partial charge on any atom is -0.376 e. The van der Waals surface area contributed by atoms with E-state index in [1.165, 1.54) is 18.4 Å². The molecular weight excluding hydrogens is 184 g/mol. The van der Waals surface area contributed by atoms with Gasteiger partial charge in [-0.3, -0.25) is 4.79 Å². The van der Waals surface area contributed by atoms with Crippen LogP contribution in [0.4, 0.5) is 0 Å². The molecule has 0 saturated heterocycles. The van der Waals surface area contributed by atoms with Gasteiger partial charge in [0.2, 0.25) is 0 Å². The first-order valence-corrected chi connectivity index (χ1v) is 4.26. The normalized spacial score (nSPS) is 10.0. The third kappa shape index (κ3) is 2.02. The van der Waals surface area contributed by atoms with E-state index in [2.05, 4.69) is 4.74 Å². The molecule has 60 valence electrons. The van der Waals surface area contributed by atoms with Gasteiger partial charge in [-0.1, -0.05) is 11.6 Å². The van der Waals surface area contributed by atoms with Crippen molar-refractivity contribution in [2.45, 2.75) is 0 Å². The van der Waals surface area contributed by atoms with E-state index >= 15 is 0 Å². The van der Waals surface area contributed by atoms with E-state index in [1.807, 2.05) is 0 Å². The summed E-state index contributed by atoms with van der Waals surface area (Å²) in [6.45, 7) is 0.0975. The molecule has 0 atom stereocenters. The Kier molecular flexibility index (Phi) is 3.05. The number of rotatable bonds is 3. The maximum atomic E-state index is 11.1. The zero-order chi connectivity index (χ0) is 8.27. The van der Waals surface area contributed by atoms with Gasteiger partial charge in [0.05, 0.1) is 9.90 Å². The Morgan fingerprint density at radius 3 is 3.00 bits per heavy atom. The van der Waals surface area contributed by atoms with Crippen LogP contribution < -0.4 is 0 Å². The number of Topliss-reactive ketones (excluding diaryl/α,β-unsaturated/α-hetero) is 1. The van der Waals surface area contributed by atoms with E-state index in [0.29, 0.717) is 9.90 Å². The summed E-state index contributed by atoms with van der Waals surface area (Å²) in [6, 6.07) is 1.70. The largest absolute Gasteiger partial charge is 0.376 e. The summed E-state index contributed by atoms with van der Waals surface area (Å²) in [6.07, 6.45) is 0. The summed E-state index contributed by atoms with van der Waals surface area (Å²) in [7, 11) is 1.49. The van der Waals surface area contributed by atoms with Gasteiger partial charge >= 0.3 is 0 Å². The summed E-state index contributed by atoms with van der Waals surface area (Å²) in [5, 5.41) is 2.29. The van der Waals surface area contributed by atoms with Gasteiger partial charge in [-0.15, -0.1) is 11.3 Å². The number of carbonyl (C=O) groups is 1. The minimum absolute atomic E-state index is 0.0625. The standard InChI is InChI=1S/C7H7ClO2S/c1-10-4-6(9)7-5(8)2-3-11-7/h2-3H,4H2,1H3. The van der Waals surface area contributed by atoms with Crippen LogP contribution in [0.3, 0.4) is 0 Å². The van der Waals surface area contributed by atoms with Gasteiger partial charge in [0.25, 0.3) is 0 Å². The van der Waals surface area contributed by atoms with Gasteiger partial charge < -0.3 is 4.74 Å². The molecule has 0 aromatic carbocycles. The lowest BCUT2D eigenvalue weighted by Gasteiger charge is -1.94. The number of hydrogen-bond acceptors (Lipinski definition) is 3. The molecule has 0 aliphatic carbocycles. The van der Waals surface area contributed by atoms with Gasteiger partial charge in [0.1, 0.15) is 6.61 Å². The second-order valence-electron chi connectivity index (χ2n) is 1.95. The lowest BCUT2D eigenvalue weighted by atomic mass is 10.3. The van der Waals surface area contributed by atoms with Crippen LogP contribution >= 0.6 is 22.9 Å². The van der Waals surface area contributed by atoms with Crippen LogP contribution in [0.15, 0.2) is 11.4 Å². The van der Waals surface area contributed by atoms with E-state index < -0.39 is 0 Å². The van der Waals surface area contributed by atoms with Gasteiger partial charge in [-0.25, -0.2) is 0 Å². The van der Waals surface area contributed by atoms with E-state index in [9.17, 15) is 4.79 Å². The summed E-state index contributed by atoms with van der Waals surface area (Å²) in [5.74, 6) is -0.0625. The third-order valence-corrected chi connectivity index (χ3v) is 2.53. The van der Waals surface area contributed by atoms with Crippen molar-refractivity contribution >= 4 is 28.7 Å². The van der Waals surface area contributed by atoms with Crippen LogP contribution in [-0.2, 0) is 4.74 Å². The fourth-order valence-electron chi connectivity index (χ4n) is 0.689. The molecule has 0 saturated carbocycles. The first-order valence-electron chi connectivity index (χ1n) is 3.01. The number of halogens is 1. The Balaban J connectivity index is 2.76. The average Bonchev–Trinajstić information content (AvgIpc) is 2.36. The highest BCUT2D eigenvalue weighted by Gasteiger charge is 2.10. The SMILES string of the molecule is COCC(=O)c1sccc1Cl. The lowest BCUT2D eigenvalue weighted by molar-refractivity contribution is 0.0852. The van der Waals surface area contributed by atoms with Crippen LogP contribution in [0.1, 0.15) is 9.67 Å². The highest BCUT2D eigenvalue weighted by molar-refractivity contribution is 7.12. The first kappa shape index (κ1) is 8.71. The summed E-state index contributed by atoms with van der Waals surface area (Å²) in [5.41, 5.74) is 0. The van der Waals surface area contributed by atoms with Gasteiger partial charge in [-0.05, 0) is 11.4 Å². The molecule has 0 fully saturated rings. The second-order valence-corrected chi connectivity index (χ2v) is 3.28. The number of hydrogen-bond donors (Lipinski definition) is 0. The van der Waals surface area contributed by atoms with Crippen LogP contribution in [0.2, 0.25) is 5.02 Å². The van der Waals surface area contributed by atoms with E-state index in [-0.39, 0.29) is 12.4 Å². The van der Waals surface area contributed by atoms with Crippen LogP contribution in [0.5, 0.6) is 0 Å². The Bertz CT molecular complexity index is 257. The molecule has 0 unspecified atom stereocenters. The number of methoxy groups -OCH3 is 1. The van der Waals surface area contributed by atoms with Crippen LogP contribution in [-0.4, -0.2) is 19.5 Å². The number of carbonyl (C=O) groups excluding carboxylic acids is 1. The maximum absolute atomic E-state index is 11.1. The molecule has 2 nitrogen and oxygen atoms in total. The molecule has 0 spiro atoms. The van der Waals surface area contributed by atoms with E-state index in [0.717, 1.165) is 0 Å². The van der Waals surface area contributed by atoms with Crippen molar-refractivity contribution < 1.29 is 9.53 Å². The van der Waals surface area contributed by atoms with Crippen molar-refractivity contribution in [1.29, 1.82) is 0 Å². The van der Waals surface area contributed by atoms with Crippen LogP contribution in [0, 0.1) is 0 Å². The van der Waals surface area contributed by atoms with Crippen LogP contribution in [0.25, 0.3) is 0 Å². The fraction of sp³-hybridized carbons (Fsp3) is 0.286. The molecule has 4 heteroatoms. The molecule has 1 aromatic rings. The monoisotopic (exact) mass is 190 g/mol. The minimum atomic E-state index is -0.0625.